The van der Waals surface area contributed by atoms with E-state index in [1.165, 1.54) is 6.07 Å². The Balaban J connectivity index is 1.84. The number of aromatic nitrogens is 2. The van der Waals surface area contributed by atoms with Gasteiger partial charge in [-0.15, -0.1) is 0 Å². The van der Waals surface area contributed by atoms with Gasteiger partial charge in [-0.2, -0.15) is 5.10 Å². The summed E-state index contributed by atoms with van der Waals surface area (Å²) < 4.78 is 15.3. The van der Waals surface area contributed by atoms with Gasteiger partial charge in [-0.05, 0) is 12.1 Å². The summed E-state index contributed by atoms with van der Waals surface area (Å²) >= 11 is 0. The second kappa shape index (κ2) is 5.05. The Morgan fingerprint density at radius 3 is 3.10 bits per heavy atom. The zero-order chi connectivity index (χ0) is 14.1. The second-order valence-corrected chi connectivity index (χ2v) is 4.87. The number of nitrogens with one attached hydrogen (secondary N) is 2. The van der Waals surface area contributed by atoms with E-state index >= 15 is 0 Å². The lowest BCUT2D eigenvalue weighted by atomic mass is 9.97. The maximum absolute atomic E-state index is 13.6. The molecule has 1 aliphatic heterocycles. The van der Waals surface area contributed by atoms with Crippen LogP contribution in [-0.2, 0) is 18.4 Å². The van der Waals surface area contributed by atoms with E-state index in [2.05, 4.69) is 15.7 Å². The number of amides is 1. The quantitative estimate of drug-likeness (QED) is 0.870. The molecule has 5 nitrogen and oxygen atoms in total. The number of halogens is 1. The van der Waals surface area contributed by atoms with E-state index < -0.39 is 11.7 Å². The number of carbonyl (C=O) groups is 1. The molecule has 0 bridgehead atoms. The number of para-hydroxylation sites is 1. The number of nitrogens with zero attached hydrogens (tertiary/aromatic N) is 2. The number of hydrogen-bond acceptors (Lipinski definition) is 3. The van der Waals surface area contributed by atoms with Crippen LogP contribution in [0.25, 0.3) is 0 Å². The Kier molecular flexibility index (Phi) is 3.23. The summed E-state index contributed by atoms with van der Waals surface area (Å²) in [5.41, 5.74) is 1.97. The molecule has 0 spiro atoms. The van der Waals surface area contributed by atoms with Gasteiger partial charge in [-0.1, -0.05) is 12.1 Å². The smallest absolute Gasteiger partial charge is 0.234 e. The summed E-state index contributed by atoms with van der Waals surface area (Å²) in [5, 5.41) is 10.1. The number of rotatable bonds is 2. The maximum Gasteiger partial charge on any atom is 0.234 e. The zero-order valence-electron chi connectivity index (χ0n) is 11.1. The average molecular weight is 274 g/mol. The van der Waals surface area contributed by atoms with Gasteiger partial charge in [0.15, 0.2) is 0 Å². The first-order valence-electron chi connectivity index (χ1n) is 6.43. The third-order valence-electron chi connectivity index (χ3n) is 3.38. The maximum atomic E-state index is 13.6. The minimum absolute atomic E-state index is 0.195. The van der Waals surface area contributed by atoms with E-state index in [-0.39, 0.29) is 11.6 Å². The molecule has 1 atom stereocenters. The largest absolute Gasteiger partial charge is 0.323 e. The Bertz CT molecular complexity index is 652. The van der Waals surface area contributed by atoms with Crippen molar-refractivity contribution in [2.75, 3.05) is 11.9 Å². The molecule has 2 heterocycles. The van der Waals surface area contributed by atoms with Crippen LogP contribution in [0.15, 0.2) is 30.5 Å². The van der Waals surface area contributed by atoms with Crippen molar-refractivity contribution in [1.29, 1.82) is 0 Å². The molecule has 0 unspecified atom stereocenters. The van der Waals surface area contributed by atoms with Crippen molar-refractivity contribution in [1.82, 2.24) is 15.1 Å². The fourth-order valence-corrected chi connectivity index (χ4v) is 2.43. The Morgan fingerprint density at radius 2 is 2.30 bits per heavy atom. The van der Waals surface area contributed by atoms with Crippen LogP contribution >= 0.6 is 0 Å². The van der Waals surface area contributed by atoms with Crippen molar-refractivity contribution >= 4 is 11.6 Å². The molecule has 2 aromatic rings. The molecule has 0 saturated carbocycles. The first-order valence-corrected chi connectivity index (χ1v) is 6.43. The molecule has 0 saturated heterocycles. The van der Waals surface area contributed by atoms with Crippen LogP contribution < -0.4 is 10.6 Å². The molecular formula is C14H15FN4O. The highest BCUT2D eigenvalue weighted by Crippen LogP contribution is 2.24. The van der Waals surface area contributed by atoms with E-state index in [1.54, 1.807) is 22.9 Å². The summed E-state index contributed by atoms with van der Waals surface area (Å²) in [4.78, 5) is 12.3. The van der Waals surface area contributed by atoms with Gasteiger partial charge >= 0.3 is 0 Å². The van der Waals surface area contributed by atoms with Gasteiger partial charge in [0, 0.05) is 31.9 Å². The van der Waals surface area contributed by atoms with Gasteiger partial charge in [-0.3, -0.25) is 9.48 Å². The molecule has 20 heavy (non-hydrogen) atoms. The molecule has 1 aliphatic rings. The second-order valence-electron chi connectivity index (χ2n) is 4.87. The third-order valence-corrected chi connectivity index (χ3v) is 3.38. The first kappa shape index (κ1) is 12.8. The molecular weight excluding hydrogens is 259 g/mol. The van der Waals surface area contributed by atoms with Crippen LogP contribution in [0.4, 0.5) is 10.1 Å². The average Bonchev–Trinajstić information content (AvgIpc) is 2.81. The fourth-order valence-electron chi connectivity index (χ4n) is 2.43. The number of benzene rings is 1. The predicted octanol–water partition coefficient (Wildman–Crippen LogP) is 1.38. The predicted molar refractivity (Wildman–Crippen MR) is 72.7 cm³/mol. The molecule has 6 heteroatoms. The van der Waals surface area contributed by atoms with Crippen molar-refractivity contribution in [3.8, 4) is 0 Å². The highest BCUT2D eigenvalue weighted by atomic mass is 19.1. The van der Waals surface area contributed by atoms with E-state index in [4.69, 9.17) is 0 Å². The molecule has 0 fully saturated rings. The van der Waals surface area contributed by atoms with Crippen molar-refractivity contribution in [3.63, 3.8) is 0 Å². The Morgan fingerprint density at radius 1 is 1.50 bits per heavy atom. The van der Waals surface area contributed by atoms with Gasteiger partial charge in [0.25, 0.3) is 0 Å². The minimum Gasteiger partial charge on any atom is -0.323 e. The SMILES string of the molecule is Cn1cc2c(n1)[C@@H](C(=O)Nc1ccccc1F)CNC2. The summed E-state index contributed by atoms with van der Waals surface area (Å²) in [6.45, 7) is 1.21. The van der Waals surface area contributed by atoms with Gasteiger partial charge in [0.2, 0.25) is 5.91 Å². The van der Waals surface area contributed by atoms with Crippen molar-refractivity contribution < 1.29 is 9.18 Å². The molecule has 1 amide bonds. The Labute approximate surface area is 115 Å². The van der Waals surface area contributed by atoms with Crippen molar-refractivity contribution in [2.24, 2.45) is 7.05 Å². The molecule has 1 aromatic carbocycles. The minimum atomic E-state index is -0.439. The molecule has 3 rings (SSSR count). The van der Waals surface area contributed by atoms with E-state index in [1.807, 2.05) is 13.2 Å². The lowest BCUT2D eigenvalue weighted by molar-refractivity contribution is -0.117. The van der Waals surface area contributed by atoms with Gasteiger partial charge < -0.3 is 10.6 Å². The molecule has 2 N–H and O–H groups in total. The van der Waals surface area contributed by atoms with E-state index in [9.17, 15) is 9.18 Å². The summed E-state index contributed by atoms with van der Waals surface area (Å²) in [6, 6.07) is 6.14. The van der Waals surface area contributed by atoms with Crippen LogP contribution in [-0.4, -0.2) is 22.2 Å². The van der Waals surface area contributed by atoms with Crippen LogP contribution in [0.1, 0.15) is 17.2 Å². The molecule has 1 aromatic heterocycles. The monoisotopic (exact) mass is 274 g/mol. The summed E-state index contributed by atoms with van der Waals surface area (Å²) in [5.74, 6) is -1.09. The van der Waals surface area contributed by atoms with Crippen molar-refractivity contribution in [3.05, 3.63) is 47.5 Å². The van der Waals surface area contributed by atoms with Crippen molar-refractivity contribution in [2.45, 2.75) is 12.5 Å². The lowest BCUT2D eigenvalue weighted by Crippen LogP contribution is -2.35. The summed E-state index contributed by atoms with van der Waals surface area (Å²) in [7, 11) is 1.82. The fraction of sp³-hybridized carbons (Fsp3) is 0.286. The standard InChI is InChI=1S/C14H15FN4O/c1-19-8-9-6-16-7-10(13(9)18-19)14(20)17-12-5-3-2-4-11(12)15/h2-5,8,10,16H,6-7H2,1H3,(H,17,20)/t10-/m0/s1. The van der Waals surface area contributed by atoms with E-state index in [0.29, 0.717) is 13.1 Å². The van der Waals surface area contributed by atoms with E-state index in [0.717, 1.165) is 11.3 Å². The molecule has 0 radical (unpaired) electrons. The van der Waals surface area contributed by atoms with Gasteiger partial charge in [0.05, 0.1) is 17.3 Å². The molecule has 104 valence electrons. The third kappa shape index (κ3) is 2.30. The van der Waals surface area contributed by atoms with Gasteiger partial charge in [-0.25, -0.2) is 4.39 Å². The van der Waals surface area contributed by atoms with Gasteiger partial charge in [0.1, 0.15) is 5.82 Å². The van der Waals surface area contributed by atoms with Crippen LogP contribution in [0.5, 0.6) is 0 Å². The Hall–Kier alpha value is -2.21. The topological polar surface area (TPSA) is 59.0 Å². The highest BCUT2D eigenvalue weighted by molar-refractivity contribution is 5.96. The number of hydrogen-bond donors (Lipinski definition) is 2. The number of carbonyl (C=O) groups excluding carboxylic acids is 1. The lowest BCUT2D eigenvalue weighted by Gasteiger charge is -2.21. The number of aryl methyl sites for hydroxylation is 1. The number of fused-ring (bicyclic) bond motifs is 1. The first-order chi connectivity index (χ1) is 9.65. The van der Waals surface area contributed by atoms with Crippen LogP contribution in [0.2, 0.25) is 0 Å². The zero-order valence-corrected chi connectivity index (χ0v) is 11.1. The summed E-state index contributed by atoms with van der Waals surface area (Å²) in [6.07, 6.45) is 1.89. The molecule has 0 aliphatic carbocycles. The highest BCUT2D eigenvalue weighted by Gasteiger charge is 2.29. The number of anilines is 1. The normalized spacial score (nSPS) is 17.6. The van der Waals surface area contributed by atoms with Crippen LogP contribution in [0.3, 0.4) is 0 Å². The van der Waals surface area contributed by atoms with Crippen LogP contribution in [0, 0.1) is 5.82 Å².